The van der Waals surface area contributed by atoms with E-state index >= 15 is 0 Å². The molecule has 182 valence electrons. The van der Waals surface area contributed by atoms with Crippen LogP contribution in [0.5, 0.6) is 0 Å². The molecule has 0 aliphatic rings. The Hall–Kier alpha value is -2.27. The lowest BCUT2D eigenvalue weighted by Crippen LogP contribution is -2.44. The number of hydrogen-bond donors (Lipinski definition) is 0. The van der Waals surface area contributed by atoms with Crippen LogP contribution in [0.4, 0.5) is 0 Å². The van der Waals surface area contributed by atoms with Crippen molar-refractivity contribution in [1.82, 2.24) is 0 Å². The standard InChI is InChI=1S/C24H28O6S3Si/c1-16-10-7-13-22(19(16)4)31(25,26)34(32(27,28)23-14-8-11-17(2)20(23)5)33(29,30)24-15-9-12-18(3)21(24)6/h7-15,34H,1-6H3. The Morgan fingerprint density at radius 1 is 0.441 bits per heavy atom. The number of hydrogen-bond acceptors (Lipinski definition) is 6. The van der Waals surface area contributed by atoms with Crippen LogP contribution in [0.3, 0.4) is 0 Å². The second-order valence-electron chi connectivity index (χ2n) is 8.52. The van der Waals surface area contributed by atoms with Crippen LogP contribution in [0.1, 0.15) is 33.4 Å². The van der Waals surface area contributed by atoms with Crippen molar-refractivity contribution in [3.05, 3.63) is 88.0 Å². The van der Waals surface area contributed by atoms with Gasteiger partial charge in [-0.3, -0.25) is 0 Å². The first-order valence-electron chi connectivity index (χ1n) is 10.6. The SMILES string of the molecule is Cc1cccc(S(=O)(=O)[SiH](S(=O)(=O)c2cccc(C)c2C)S(=O)(=O)c2cccc(C)c2C)c1C. The molecule has 6 nitrogen and oxygen atoms in total. The van der Waals surface area contributed by atoms with Crippen molar-refractivity contribution in [2.75, 3.05) is 0 Å². The van der Waals surface area contributed by atoms with Crippen LogP contribution in [0, 0.1) is 41.5 Å². The first-order chi connectivity index (χ1) is 15.6. The molecule has 0 aliphatic carbocycles. The predicted octanol–water partition coefficient (Wildman–Crippen LogP) is 3.98. The van der Waals surface area contributed by atoms with E-state index in [1.165, 1.54) is 36.4 Å². The fourth-order valence-corrected chi connectivity index (χ4v) is 29.9. The minimum Gasteiger partial charge on any atom is -0.229 e. The Bertz CT molecular complexity index is 1410. The Labute approximate surface area is 203 Å². The molecule has 0 aliphatic heterocycles. The second kappa shape index (κ2) is 9.07. The van der Waals surface area contributed by atoms with E-state index < -0.39 is 34.1 Å². The molecule has 3 rings (SSSR count). The highest BCUT2D eigenvalue weighted by Gasteiger charge is 2.55. The van der Waals surface area contributed by atoms with Crippen molar-refractivity contribution < 1.29 is 25.3 Å². The maximum absolute atomic E-state index is 14.0. The quantitative estimate of drug-likeness (QED) is 0.442. The summed E-state index contributed by atoms with van der Waals surface area (Å²) in [7, 11) is -14.3. The summed E-state index contributed by atoms with van der Waals surface area (Å²) in [6.45, 7) is 9.77. The first-order valence-corrected chi connectivity index (χ1v) is 19.4. The van der Waals surface area contributed by atoms with E-state index in [1.807, 2.05) is 0 Å². The largest absolute Gasteiger partial charge is 0.458 e. The average molecular weight is 537 g/mol. The van der Waals surface area contributed by atoms with Crippen molar-refractivity contribution in [3.8, 4) is 0 Å². The molecule has 0 N–H and O–H groups in total. The fourth-order valence-electron chi connectivity index (χ4n) is 3.91. The molecule has 3 aromatic rings. The molecule has 0 saturated carbocycles. The molecule has 0 atom stereocenters. The average Bonchev–Trinajstić information content (AvgIpc) is 2.72. The second-order valence-corrected chi connectivity index (χ2v) is 26.2. The highest BCUT2D eigenvalue weighted by Crippen LogP contribution is 2.35. The highest BCUT2D eigenvalue weighted by molar-refractivity contribution is 8.69. The Morgan fingerprint density at radius 3 is 0.912 bits per heavy atom. The number of rotatable bonds is 6. The zero-order chi connectivity index (χ0) is 25.6. The van der Waals surface area contributed by atoms with Gasteiger partial charge in [0.2, 0.25) is 0 Å². The van der Waals surface area contributed by atoms with E-state index in [0.717, 1.165) is 0 Å². The molecule has 34 heavy (non-hydrogen) atoms. The fraction of sp³-hybridized carbons (Fsp3) is 0.250. The zero-order valence-corrected chi connectivity index (χ0v) is 23.6. The Morgan fingerprint density at radius 2 is 0.676 bits per heavy atom. The van der Waals surface area contributed by atoms with Gasteiger partial charge < -0.3 is 0 Å². The van der Waals surface area contributed by atoms with Gasteiger partial charge in [-0.15, -0.1) is 0 Å². The first kappa shape index (κ1) is 26.3. The van der Waals surface area contributed by atoms with Crippen LogP contribution in [0.25, 0.3) is 0 Å². The van der Waals surface area contributed by atoms with E-state index in [-0.39, 0.29) is 14.7 Å². The smallest absolute Gasteiger partial charge is 0.229 e. The van der Waals surface area contributed by atoms with Crippen molar-refractivity contribution in [2.24, 2.45) is 0 Å². The third-order valence-corrected chi connectivity index (χ3v) is 31.6. The van der Waals surface area contributed by atoms with Gasteiger partial charge in [0, 0.05) is 0 Å². The molecule has 0 aromatic heterocycles. The van der Waals surface area contributed by atoms with E-state index in [2.05, 4.69) is 0 Å². The Balaban J connectivity index is 2.48. The summed E-state index contributed by atoms with van der Waals surface area (Å²) in [5.41, 5.74) is 2.90. The predicted molar refractivity (Wildman–Crippen MR) is 136 cm³/mol. The molecule has 0 bridgehead atoms. The summed E-state index contributed by atoms with van der Waals surface area (Å²) in [6, 6.07) is 13.4. The molecular formula is C24H28O6S3Si. The van der Waals surface area contributed by atoms with Crippen molar-refractivity contribution >= 4 is 34.1 Å². The molecule has 0 spiro atoms. The monoisotopic (exact) mass is 536 g/mol. The lowest BCUT2D eigenvalue weighted by Gasteiger charge is -2.21. The van der Waals surface area contributed by atoms with Crippen molar-refractivity contribution in [1.29, 1.82) is 0 Å². The molecule has 0 fully saturated rings. The molecular weight excluding hydrogens is 509 g/mol. The molecule has 10 heteroatoms. The zero-order valence-electron chi connectivity index (χ0n) is 19.9. The molecule has 0 amide bonds. The normalized spacial score (nSPS) is 12.8. The van der Waals surface area contributed by atoms with Gasteiger partial charge in [0.1, 0.15) is 0 Å². The van der Waals surface area contributed by atoms with Crippen LogP contribution < -0.4 is 0 Å². The van der Waals surface area contributed by atoms with Gasteiger partial charge >= 0.3 is 6.25 Å². The molecule has 0 radical (unpaired) electrons. The molecule has 0 saturated heterocycles. The van der Waals surface area contributed by atoms with E-state index in [9.17, 15) is 25.3 Å². The summed E-state index contributed by atoms with van der Waals surface area (Å²) in [5, 5.41) is 0. The van der Waals surface area contributed by atoms with Gasteiger partial charge in [0.05, 0.1) is 14.7 Å². The van der Waals surface area contributed by atoms with Crippen molar-refractivity contribution in [3.63, 3.8) is 0 Å². The summed E-state index contributed by atoms with van der Waals surface area (Å²) >= 11 is 0. The van der Waals surface area contributed by atoms with Gasteiger partial charge in [-0.2, -0.15) is 0 Å². The summed E-state index contributed by atoms with van der Waals surface area (Å²) in [4.78, 5) is -0.772. The van der Waals surface area contributed by atoms with Crippen molar-refractivity contribution in [2.45, 2.75) is 56.2 Å². The molecule has 0 heterocycles. The number of benzene rings is 3. The lowest BCUT2D eigenvalue weighted by molar-refractivity contribution is 0.601. The molecule has 3 aromatic carbocycles. The van der Waals surface area contributed by atoms with Gasteiger partial charge in [0.15, 0.2) is 27.9 Å². The minimum absolute atomic E-state index is 0.257. The van der Waals surface area contributed by atoms with E-state index in [4.69, 9.17) is 0 Å². The topological polar surface area (TPSA) is 102 Å². The maximum Gasteiger partial charge on any atom is 0.458 e. The molecule has 0 unspecified atom stereocenters. The third kappa shape index (κ3) is 4.28. The van der Waals surface area contributed by atoms with Crippen LogP contribution in [0.2, 0.25) is 0 Å². The summed E-state index contributed by atoms with van der Waals surface area (Å²) < 4.78 is 84.2. The third-order valence-electron chi connectivity index (χ3n) is 6.34. The van der Waals surface area contributed by atoms with E-state index in [1.54, 1.807) is 59.7 Å². The van der Waals surface area contributed by atoms with Crippen LogP contribution in [-0.4, -0.2) is 31.5 Å². The number of aryl methyl sites for hydroxylation is 3. The van der Waals surface area contributed by atoms with Gasteiger partial charge in [-0.05, 0) is 93.1 Å². The summed E-state index contributed by atoms with van der Waals surface area (Å²) in [6.07, 6.45) is -4.77. The Kier molecular flexibility index (Phi) is 7.02. The minimum atomic E-state index is -4.77. The van der Waals surface area contributed by atoms with Crippen LogP contribution in [-0.2, 0) is 27.9 Å². The van der Waals surface area contributed by atoms with Crippen LogP contribution >= 0.6 is 0 Å². The van der Waals surface area contributed by atoms with E-state index in [0.29, 0.717) is 33.4 Å². The van der Waals surface area contributed by atoms with Gasteiger partial charge in [0.25, 0.3) is 0 Å². The summed E-state index contributed by atoms with van der Waals surface area (Å²) in [5.74, 6) is 0. The van der Waals surface area contributed by atoms with Crippen LogP contribution in [0.15, 0.2) is 69.3 Å². The lowest BCUT2D eigenvalue weighted by atomic mass is 10.1. The highest BCUT2D eigenvalue weighted by atomic mass is 32.8. The maximum atomic E-state index is 14.0. The van der Waals surface area contributed by atoms with Gasteiger partial charge in [-0.1, -0.05) is 36.4 Å². The van der Waals surface area contributed by atoms with Gasteiger partial charge in [-0.25, -0.2) is 25.3 Å².